The van der Waals surface area contributed by atoms with E-state index in [4.69, 9.17) is 18.8 Å². The summed E-state index contributed by atoms with van der Waals surface area (Å²) in [6, 6.07) is 10.1. The molecule has 0 radical (unpaired) electrons. The molecule has 8 nitrogen and oxygen atoms in total. The molecule has 220 valence electrons. The van der Waals surface area contributed by atoms with Crippen LogP contribution in [0.5, 0.6) is 0 Å². The van der Waals surface area contributed by atoms with E-state index in [0.717, 1.165) is 31.2 Å². The van der Waals surface area contributed by atoms with Crippen LogP contribution in [0.3, 0.4) is 0 Å². The Morgan fingerprint density at radius 2 is 1.85 bits per heavy atom. The van der Waals surface area contributed by atoms with Crippen molar-refractivity contribution in [3.8, 4) is 0 Å². The fraction of sp³-hybridized carbons (Fsp3) is 0.742. The van der Waals surface area contributed by atoms with Crippen molar-refractivity contribution >= 4 is 19.3 Å². The van der Waals surface area contributed by atoms with Gasteiger partial charge in [-0.2, -0.15) is 0 Å². The SMILES string of the molecule is CC(C)(C)OC(=O)N1CCCCC1(C)COC(=O)NC[C@H](B1O[C@@H]2C[C@@H]3C[C@@H](C3(C)C)[C@]2(C)O1)c1ccccc1. The van der Waals surface area contributed by atoms with E-state index in [-0.39, 0.29) is 35.6 Å². The van der Waals surface area contributed by atoms with E-state index in [1.165, 1.54) is 6.42 Å². The van der Waals surface area contributed by atoms with Crippen LogP contribution in [-0.4, -0.2) is 66.7 Å². The van der Waals surface area contributed by atoms with Gasteiger partial charge in [-0.05, 0) is 89.5 Å². The van der Waals surface area contributed by atoms with Crippen LogP contribution in [0.1, 0.15) is 92.0 Å². The van der Waals surface area contributed by atoms with E-state index in [2.05, 4.69) is 38.2 Å². The van der Waals surface area contributed by atoms with Crippen LogP contribution in [0.2, 0.25) is 0 Å². The summed E-state index contributed by atoms with van der Waals surface area (Å²) in [7, 11) is -0.452. The van der Waals surface area contributed by atoms with Crippen molar-refractivity contribution in [1.29, 1.82) is 0 Å². The molecule has 40 heavy (non-hydrogen) atoms. The number of carbonyl (C=O) groups excluding carboxylic acids is 2. The summed E-state index contributed by atoms with van der Waals surface area (Å²) < 4.78 is 24.7. The number of carbonyl (C=O) groups is 2. The Balaban J connectivity index is 1.22. The molecule has 2 aliphatic heterocycles. The molecule has 3 saturated carbocycles. The second-order valence-electron chi connectivity index (χ2n) is 14.4. The highest BCUT2D eigenvalue weighted by Crippen LogP contribution is 2.66. The molecule has 1 unspecified atom stereocenters. The summed E-state index contributed by atoms with van der Waals surface area (Å²) in [5.74, 6) is 0.954. The molecular formula is C31H47BN2O6. The summed E-state index contributed by atoms with van der Waals surface area (Å²) in [6.45, 7) is 15.5. The molecule has 5 fully saturated rings. The summed E-state index contributed by atoms with van der Waals surface area (Å²) in [5, 5.41) is 2.97. The number of rotatable bonds is 6. The summed E-state index contributed by atoms with van der Waals surface area (Å²) in [4.78, 5) is 27.6. The van der Waals surface area contributed by atoms with Gasteiger partial charge in [-0.1, -0.05) is 44.2 Å². The third-order valence-electron chi connectivity index (χ3n) is 10.1. The van der Waals surface area contributed by atoms with Gasteiger partial charge >= 0.3 is 19.3 Å². The van der Waals surface area contributed by atoms with E-state index in [1.807, 2.05) is 45.9 Å². The minimum Gasteiger partial charge on any atom is -0.447 e. The smallest absolute Gasteiger partial charge is 0.447 e. The Labute approximate surface area is 240 Å². The Kier molecular flexibility index (Phi) is 7.71. The summed E-state index contributed by atoms with van der Waals surface area (Å²) >= 11 is 0. The van der Waals surface area contributed by atoms with Crippen molar-refractivity contribution in [2.75, 3.05) is 19.7 Å². The fourth-order valence-corrected chi connectivity index (χ4v) is 7.57. The second kappa shape index (κ2) is 10.5. The van der Waals surface area contributed by atoms with Gasteiger partial charge in [-0.3, -0.25) is 4.90 Å². The van der Waals surface area contributed by atoms with Crippen LogP contribution in [0.25, 0.3) is 0 Å². The molecule has 9 heteroatoms. The Hall–Kier alpha value is -2.26. The molecule has 2 amide bonds. The van der Waals surface area contributed by atoms with Gasteiger partial charge in [0.05, 0.1) is 17.2 Å². The predicted octanol–water partition coefficient (Wildman–Crippen LogP) is 5.94. The Morgan fingerprint density at radius 1 is 1.12 bits per heavy atom. The number of likely N-dealkylation sites (tertiary alicyclic amines) is 1. The number of ether oxygens (including phenoxy) is 2. The molecule has 0 aromatic heterocycles. The van der Waals surface area contributed by atoms with E-state index < -0.39 is 24.4 Å². The first kappa shape index (κ1) is 29.2. The number of hydrogen-bond acceptors (Lipinski definition) is 6. The molecule has 2 heterocycles. The number of hydrogen-bond donors (Lipinski definition) is 1. The molecule has 2 saturated heterocycles. The molecule has 1 aromatic rings. The van der Waals surface area contributed by atoms with Crippen LogP contribution >= 0.6 is 0 Å². The highest BCUT2D eigenvalue weighted by atomic mass is 16.7. The van der Waals surface area contributed by atoms with Gasteiger partial charge in [0.25, 0.3) is 0 Å². The third kappa shape index (κ3) is 5.48. The maximum atomic E-state index is 13.0. The van der Waals surface area contributed by atoms with Crippen molar-refractivity contribution in [3.63, 3.8) is 0 Å². The van der Waals surface area contributed by atoms with Gasteiger partial charge in [0.2, 0.25) is 0 Å². The van der Waals surface area contributed by atoms with Gasteiger partial charge in [-0.25, -0.2) is 9.59 Å². The van der Waals surface area contributed by atoms with Crippen LogP contribution in [-0.2, 0) is 18.8 Å². The van der Waals surface area contributed by atoms with Crippen LogP contribution in [0, 0.1) is 17.3 Å². The minimum absolute atomic E-state index is 0.0672. The highest BCUT2D eigenvalue weighted by Gasteiger charge is 2.68. The Morgan fingerprint density at radius 3 is 2.52 bits per heavy atom. The van der Waals surface area contributed by atoms with Crippen LogP contribution in [0.4, 0.5) is 9.59 Å². The largest absolute Gasteiger partial charge is 0.467 e. The van der Waals surface area contributed by atoms with Crippen LogP contribution < -0.4 is 5.32 Å². The maximum Gasteiger partial charge on any atom is 0.467 e. The lowest BCUT2D eigenvalue weighted by molar-refractivity contribution is -0.199. The summed E-state index contributed by atoms with van der Waals surface area (Å²) in [5.41, 5.74) is -0.216. The monoisotopic (exact) mass is 554 g/mol. The first-order valence-corrected chi connectivity index (χ1v) is 15.0. The molecule has 5 aliphatic rings. The zero-order valence-electron chi connectivity index (χ0n) is 25.3. The van der Waals surface area contributed by atoms with Crippen molar-refractivity contribution < 1.29 is 28.4 Å². The Bertz CT molecular complexity index is 1090. The van der Waals surface area contributed by atoms with Crippen LogP contribution in [0.15, 0.2) is 30.3 Å². The van der Waals surface area contributed by atoms with Gasteiger partial charge in [0, 0.05) is 18.9 Å². The average molecular weight is 555 g/mol. The third-order valence-corrected chi connectivity index (χ3v) is 10.1. The zero-order chi connectivity index (χ0) is 28.9. The fourth-order valence-electron chi connectivity index (χ4n) is 7.57. The summed E-state index contributed by atoms with van der Waals surface area (Å²) in [6.07, 6.45) is 4.00. The number of benzene rings is 1. The highest BCUT2D eigenvalue weighted by molar-refractivity contribution is 6.47. The molecule has 1 aromatic carbocycles. The van der Waals surface area contributed by atoms with E-state index >= 15 is 0 Å². The van der Waals surface area contributed by atoms with E-state index in [0.29, 0.717) is 24.9 Å². The molecule has 1 N–H and O–H groups in total. The van der Waals surface area contributed by atoms with E-state index in [9.17, 15) is 9.59 Å². The average Bonchev–Trinajstić information content (AvgIpc) is 3.24. The lowest BCUT2D eigenvalue weighted by atomic mass is 9.43. The lowest BCUT2D eigenvalue weighted by Crippen LogP contribution is -2.65. The van der Waals surface area contributed by atoms with Crippen molar-refractivity contribution in [2.45, 2.75) is 109 Å². The first-order chi connectivity index (χ1) is 18.7. The number of nitrogens with zero attached hydrogens (tertiary/aromatic N) is 1. The maximum absolute atomic E-state index is 13.0. The zero-order valence-corrected chi connectivity index (χ0v) is 25.3. The predicted molar refractivity (Wildman–Crippen MR) is 154 cm³/mol. The molecule has 6 rings (SSSR count). The van der Waals surface area contributed by atoms with Gasteiger partial charge in [0.15, 0.2) is 0 Å². The van der Waals surface area contributed by atoms with Crippen molar-refractivity contribution in [2.24, 2.45) is 17.3 Å². The number of amides is 2. The number of nitrogens with one attached hydrogen (secondary N) is 1. The molecular weight excluding hydrogens is 507 g/mol. The second-order valence-corrected chi connectivity index (χ2v) is 14.4. The van der Waals surface area contributed by atoms with Gasteiger partial charge in [0.1, 0.15) is 12.2 Å². The molecule has 0 spiro atoms. The van der Waals surface area contributed by atoms with Crippen molar-refractivity contribution in [1.82, 2.24) is 10.2 Å². The first-order valence-electron chi connectivity index (χ1n) is 15.0. The van der Waals surface area contributed by atoms with E-state index in [1.54, 1.807) is 4.90 Å². The molecule has 3 aliphatic carbocycles. The number of piperidine rings is 1. The molecule has 2 bridgehead atoms. The normalized spacial score (nSPS) is 33.4. The van der Waals surface area contributed by atoms with Gasteiger partial charge in [-0.15, -0.1) is 0 Å². The molecule has 6 atom stereocenters. The lowest BCUT2D eigenvalue weighted by Gasteiger charge is -2.64. The van der Waals surface area contributed by atoms with Crippen molar-refractivity contribution in [3.05, 3.63) is 35.9 Å². The van der Waals surface area contributed by atoms with Gasteiger partial charge < -0.3 is 24.1 Å². The number of alkyl carbamates (subject to hydrolysis) is 1. The topological polar surface area (TPSA) is 86.3 Å². The quantitative estimate of drug-likeness (QED) is 0.438. The minimum atomic E-state index is -0.619. The standard InChI is InChI=1S/C31H47BN2O6/c1-28(2,3)38-27(36)34-16-12-11-15-30(34,6)20-37-26(35)33-19-23(21-13-9-8-10-14-21)32-39-25-18-22-17-24(29(22,4)5)31(25,7)40-32/h8-10,13-14,22-25H,11-12,15-20H2,1-7H3,(H,33,35)/t22-,23-,24-,25+,30?,31-/m0/s1.